The molecule has 1 aromatic heterocycles. The zero-order valence-corrected chi connectivity index (χ0v) is 12.5. The van der Waals surface area contributed by atoms with Crippen LogP contribution < -0.4 is 9.47 Å². The summed E-state index contributed by atoms with van der Waals surface area (Å²) >= 11 is 3.37. The first-order valence-electron chi connectivity index (χ1n) is 6.29. The Bertz CT molecular complexity index is 721. The maximum atomic E-state index is 5.71. The maximum Gasteiger partial charge on any atom is 0.325 e. The molecule has 2 aromatic carbocycles. The Morgan fingerprint density at radius 2 is 1.33 bits per heavy atom. The molecular weight excluding hydrogens is 332 g/mol. The van der Waals surface area contributed by atoms with Gasteiger partial charge in [-0.05, 0) is 40.2 Å². The third-order valence-corrected chi connectivity index (χ3v) is 3.14. The average molecular weight is 343 g/mol. The van der Waals surface area contributed by atoms with E-state index in [1.165, 1.54) is 0 Å². The Balaban J connectivity index is 1.83. The van der Waals surface area contributed by atoms with E-state index < -0.39 is 0 Å². The zero-order chi connectivity index (χ0) is 14.5. The van der Waals surface area contributed by atoms with E-state index in [2.05, 4.69) is 25.9 Å². The lowest BCUT2D eigenvalue weighted by molar-refractivity contribution is 0.409. The fraction of sp³-hybridized carbons (Fsp3) is 0. The van der Waals surface area contributed by atoms with Gasteiger partial charge < -0.3 is 9.47 Å². The number of rotatable bonds is 4. The Morgan fingerprint density at radius 1 is 0.762 bits per heavy atom. The topological polar surface area (TPSA) is 44.2 Å². The van der Waals surface area contributed by atoms with Crippen LogP contribution in [0.3, 0.4) is 0 Å². The van der Waals surface area contributed by atoms with Crippen molar-refractivity contribution >= 4 is 15.9 Å². The van der Waals surface area contributed by atoms with Crippen molar-refractivity contribution in [3.8, 4) is 23.4 Å². The predicted octanol–water partition coefficient (Wildman–Crippen LogP) is 4.82. The SMILES string of the molecule is Brc1cnc(Oc2ccccc2)nc1Oc1ccccc1. The number of benzene rings is 2. The van der Waals surface area contributed by atoms with Gasteiger partial charge in [0.15, 0.2) is 0 Å². The summed E-state index contributed by atoms with van der Waals surface area (Å²) in [6.45, 7) is 0. The van der Waals surface area contributed by atoms with Gasteiger partial charge in [-0.25, -0.2) is 4.98 Å². The first kappa shape index (κ1) is 13.6. The van der Waals surface area contributed by atoms with Crippen LogP contribution >= 0.6 is 15.9 Å². The second kappa shape index (κ2) is 6.37. The lowest BCUT2D eigenvalue weighted by Crippen LogP contribution is -1.95. The number of hydrogen-bond acceptors (Lipinski definition) is 4. The van der Waals surface area contributed by atoms with Crippen molar-refractivity contribution in [2.24, 2.45) is 0 Å². The predicted molar refractivity (Wildman–Crippen MR) is 82.8 cm³/mol. The van der Waals surface area contributed by atoms with Crippen LogP contribution in [0.15, 0.2) is 71.3 Å². The summed E-state index contributed by atoms with van der Waals surface area (Å²) in [6.07, 6.45) is 1.60. The van der Waals surface area contributed by atoms with Gasteiger partial charge in [0.1, 0.15) is 11.5 Å². The molecule has 0 bridgehead atoms. The summed E-state index contributed by atoms with van der Waals surface area (Å²) < 4.78 is 12.0. The van der Waals surface area contributed by atoms with Crippen LogP contribution in [0.2, 0.25) is 0 Å². The summed E-state index contributed by atoms with van der Waals surface area (Å²) in [5.41, 5.74) is 0. The minimum absolute atomic E-state index is 0.232. The first-order chi connectivity index (χ1) is 10.3. The van der Waals surface area contributed by atoms with Crippen LogP contribution in [0.4, 0.5) is 0 Å². The van der Waals surface area contributed by atoms with Crippen molar-refractivity contribution in [2.75, 3.05) is 0 Å². The van der Waals surface area contributed by atoms with Crippen molar-refractivity contribution in [1.29, 1.82) is 0 Å². The number of nitrogens with zero attached hydrogens (tertiary/aromatic N) is 2. The zero-order valence-electron chi connectivity index (χ0n) is 10.9. The van der Waals surface area contributed by atoms with Crippen molar-refractivity contribution in [2.45, 2.75) is 0 Å². The van der Waals surface area contributed by atoms with Crippen LogP contribution in [-0.2, 0) is 0 Å². The van der Waals surface area contributed by atoms with Gasteiger partial charge in [0, 0.05) is 0 Å². The number of halogens is 1. The number of aromatic nitrogens is 2. The molecule has 104 valence electrons. The van der Waals surface area contributed by atoms with Gasteiger partial charge in [0.2, 0.25) is 5.88 Å². The second-order valence-electron chi connectivity index (χ2n) is 4.14. The molecule has 3 rings (SSSR count). The van der Waals surface area contributed by atoms with Gasteiger partial charge >= 0.3 is 6.01 Å². The molecule has 0 aliphatic heterocycles. The van der Waals surface area contributed by atoms with E-state index in [1.54, 1.807) is 6.20 Å². The van der Waals surface area contributed by atoms with E-state index in [0.717, 1.165) is 0 Å². The molecule has 4 nitrogen and oxygen atoms in total. The third-order valence-electron chi connectivity index (χ3n) is 2.60. The van der Waals surface area contributed by atoms with E-state index in [-0.39, 0.29) is 6.01 Å². The molecule has 0 aliphatic rings. The van der Waals surface area contributed by atoms with Crippen molar-refractivity contribution in [3.63, 3.8) is 0 Å². The van der Waals surface area contributed by atoms with E-state index in [0.29, 0.717) is 21.9 Å². The molecule has 0 amide bonds. The van der Waals surface area contributed by atoms with E-state index in [4.69, 9.17) is 9.47 Å². The molecule has 1 heterocycles. The monoisotopic (exact) mass is 342 g/mol. The maximum absolute atomic E-state index is 5.71. The van der Waals surface area contributed by atoms with Gasteiger partial charge in [0.25, 0.3) is 0 Å². The van der Waals surface area contributed by atoms with Gasteiger partial charge in [-0.15, -0.1) is 0 Å². The fourth-order valence-electron chi connectivity index (χ4n) is 1.65. The largest absolute Gasteiger partial charge is 0.438 e. The van der Waals surface area contributed by atoms with Crippen molar-refractivity contribution in [1.82, 2.24) is 9.97 Å². The first-order valence-corrected chi connectivity index (χ1v) is 7.09. The lowest BCUT2D eigenvalue weighted by Gasteiger charge is -2.08. The standard InChI is InChI=1S/C16H11BrN2O2/c17-14-11-18-16(21-13-9-5-2-6-10-13)19-15(14)20-12-7-3-1-4-8-12/h1-11H. The van der Waals surface area contributed by atoms with Gasteiger partial charge in [-0.1, -0.05) is 36.4 Å². The Hall–Kier alpha value is -2.40. The van der Waals surface area contributed by atoms with Gasteiger partial charge in [-0.3, -0.25) is 0 Å². The molecule has 0 N–H and O–H groups in total. The molecule has 5 heteroatoms. The van der Waals surface area contributed by atoms with Gasteiger partial charge in [0.05, 0.1) is 10.7 Å². The van der Waals surface area contributed by atoms with Crippen molar-refractivity contribution < 1.29 is 9.47 Å². The number of para-hydroxylation sites is 2. The van der Waals surface area contributed by atoms with Crippen LogP contribution in [-0.4, -0.2) is 9.97 Å². The lowest BCUT2D eigenvalue weighted by atomic mass is 10.3. The fourth-order valence-corrected chi connectivity index (χ4v) is 1.92. The van der Waals surface area contributed by atoms with Crippen LogP contribution in [0, 0.1) is 0 Å². The Morgan fingerprint density at radius 3 is 1.95 bits per heavy atom. The average Bonchev–Trinajstić information content (AvgIpc) is 2.53. The highest BCUT2D eigenvalue weighted by molar-refractivity contribution is 9.10. The molecule has 0 atom stereocenters. The quantitative estimate of drug-likeness (QED) is 0.681. The van der Waals surface area contributed by atoms with Crippen LogP contribution in [0.5, 0.6) is 23.4 Å². The van der Waals surface area contributed by atoms with Crippen LogP contribution in [0.1, 0.15) is 0 Å². The second-order valence-corrected chi connectivity index (χ2v) is 4.99. The molecule has 0 unspecified atom stereocenters. The Kier molecular flexibility index (Phi) is 4.12. The van der Waals surface area contributed by atoms with Crippen LogP contribution in [0.25, 0.3) is 0 Å². The minimum atomic E-state index is 0.232. The molecule has 0 radical (unpaired) electrons. The molecular formula is C16H11BrN2O2. The number of hydrogen-bond donors (Lipinski definition) is 0. The highest BCUT2D eigenvalue weighted by atomic mass is 79.9. The Labute approximate surface area is 130 Å². The van der Waals surface area contributed by atoms with Gasteiger partial charge in [-0.2, -0.15) is 4.98 Å². The summed E-state index contributed by atoms with van der Waals surface area (Å²) in [4.78, 5) is 8.38. The van der Waals surface area contributed by atoms with E-state index in [9.17, 15) is 0 Å². The summed E-state index contributed by atoms with van der Waals surface area (Å²) in [6, 6.07) is 19.0. The minimum Gasteiger partial charge on any atom is -0.438 e. The molecule has 21 heavy (non-hydrogen) atoms. The summed E-state index contributed by atoms with van der Waals surface area (Å²) in [5, 5.41) is 0. The molecule has 0 spiro atoms. The molecule has 0 fully saturated rings. The summed E-state index contributed by atoms with van der Waals surface area (Å²) in [5.74, 6) is 1.77. The number of ether oxygens (including phenoxy) is 2. The molecule has 3 aromatic rings. The van der Waals surface area contributed by atoms with E-state index >= 15 is 0 Å². The third kappa shape index (κ3) is 3.58. The highest BCUT2D eigenvalue weighted by Gasteiger charge is 2.09. The van der Waals surface area contributed by atoms with Crippen molar-refractivity contribution in [3.05, 3.63) is 71.3 Å². The molecule has 0 saturated carbocycles. The van der Waals surface area contributed by atoms with E-state index in [1.807, 2.05) is 60.7 Å². The summed E-state index contributed by atoms with van der Waals surface area (Å²) in [7, 11) is 0. The highest BCUT2D eigenvalue weighted by Crippen LogP contribution is 2.29. The smallest absolute Gasteiger partial charge is 0.325 e. The normalized spacial score (nSPS) is 10.1. The molecule has 0 saturated heterocycles. The molecule has 0 aliphatic carbocycles.